The van der Waals surface area contributed by atoms with Crippen LogP contribution in [0.25, 0.3) is 0 Å². The number of rotatable bonds is 7. The molecule has 0 bridgehead atoms. The molecule has 1 heterocycles. The summed E-state index contributed by atoms with van der Waals surface area (Å²) in [7, 11) is 1.92. The Morgan fingerprint density at radius 2 is 2.29 bits per heavy atom. The van der Waals surface area contributed by atoms with Crippen LogP contribution in [-0.2, 0) is 18.4 Å². The number of aromatic nitrogens is 2. The maximum atomic E-state index is 10.5. The summed E-state index contributed by atoms with van der Waals surface area (Å²) < 4.78 is 1.85. The van der Waals surface area contributed by atoms with Gasteiger partial charge in [0.05, 0.1) is 5.69 Å². The number of hydrogen-bond acceptors (Lipinski definition) is 3. The molecule has 0 aliphatic carbocycles. The Kier molecular flexibility index (Phi) is 5.15. The molecule has 0 amide bonds. The van der Waals surface area contributed by atoms with Gasteiger partial charge in [0.25, 0.3) is 0 Å². The summed E-state index contributed by atoms with van der Waals surface area (Å²) in [6.07, 6.45) is 2.70. The van der Waals surface area contributed by atoms with Crippen molar-refractivity contribution in [2.75, 3.05) is 6.54 Å². The summed E-state index contributed by atoms with van der Waals surface area (Å²) in [5, 5.41) is 12.8. The number of carboxylic acid groups (broad SMARTS) is 1. The van der Waals surface area contributed by atoms with E-state index in [0.717, 1.165) is 18.8 Å². The van der Waals surface area contributed by atoms with Gasteiger partial charge in [-0.25, -0.2) is 0 Å². The summed E-state index contributed by atoms with van der Waals surface area (Å²) in [5.74, 6) is -0.728. The van der Waals surface area contributed by atoms with Gasteiger partial charge in [0.2, 0.25) is 0 Å². The van der Waals surface area contributed by atoms with E-state index in [2.05, 4.69) is 23.8 Å². The molecular formula is C12H21N3O2. The van der Waals surface area contributed by atoms with E-state index in [1.807, 2.05) is 17.8 Å². The minimum Gasteiger partial charge on any atom is -0.481 e. The number of carboxylic acids is 1. The number of aryl methyl sites for hydroxylation is 1. The molecule has 5 heteroatoms. The van der Waals surface area contributed by atoms with Gasteiger partial charge in [-0.15, -0.1) is 0 Å². The standard InChI is InChI=1S/C12H21N3O2/c1-10(2)15(8-4-5-12(16)17)9-11-6-7-13-14(11)3/h6-7,10H,4-5,8-9H2,1-3H3,(H,16,17). The van der Waals surface area contributed by atoms with Crippen molar-refractivity contribution in [2.24, 2.45) is 7.05 Å². The molecule has 1 aromatic heterocycles. The normalized spacial score (nSPS) is 11.4. The SMILES string of the molecule is CC(C)N(CCCC(=O)O)Cc1ccnn1C. The van der Waals surface area contributed by atoms with Crippen LogP contribution in [0.15, 0.2) is 12.3 Å². The highest BCUT2D eigenvalue weighted by atomic mass is 16.4. The van der Waals surface area contributed by atoms with Gasteiger partial charge in [0.1, 0.15) is 0 Å². The molecule has 1 rings (SSSR count). The largest absolute Gasteiger partial charge is 0.481 e. The third-order valence-electron chi connectivity index (χ3n) is 2.85. The molecule has 1 aromatic rings. The first kappa shape index (κ1) is 13.7. The lowest BCUT2D eigenvalue weighted by atomic mass is 10.2. The monoisotopic (exact) mass is 239 g/mol. The summed E-state index contributed by atoms with van der Waals surface area (Å²) in [4.78, 5) is 12.8. The maximum Gasteiger partial charge on any atom is 0.303 e. The third kappa shape index (κ3) is 4.56. The zero-order valence-electron chi connectivity index (χ0n) is 10.8. The summed E-state index contributed by atoms with van der Waals surface area (Å²) in [6.45, 7) is 5.86. The molecule has 0 aliphatic heterocycles. The van der Waals surface area contributed by atoms with Crippen LogP contribution in [0.3, 0.4) is 0 Å². The second kappa shape index (κ2) is 6.39. The zero-order chi connectivity index (χ0) is 12.8. The molecule has 0 saturated heterocycles. The molecule has 96 valence electrons. The van der Waals surface area contributed by atoms with E-state index >= 15 is 0 Å². The molecule has 0 aliphatic rings. The lowest BCUT2D eigenvalue weighted by molar-refractivity contribution is -0.137. The lowest BCUT2D eigenvalue weighted by Crippen LogP contribution is -2.32. The van der Waals surface area contributed by atoms with Crippen molar-refractivity contribution in [1.29, 1.82) is 0 Å². The molecule has 0 spiro atoms. The lowest BCUT2D eigenvalue weighted by Gasteiger charge is -2.26. The average molecular weight is 239 g/mol. The van der Waals surface area contributed by atoms with Crippen LogP contribution in [0.1, 0.15) is 32.4 Å². The second-order valence-corrected chi connectivity index (χ2v) is 4.51. The van der Waals surface area contributed by atoms with Crippen LogP contribution in [0.2, 0.25) is 0 Å². The van der Waals surface area contributed by atoms with Crippen molar-refractivity contribution < 1.29 is 9.90 Å². The van der Waals surface area contributed by atoms with Crippen molar-refractivity contribution in [3.05, 3.63) is 18.0 Å². The minimum absolute atomic E-state index is 0.231. The Morgan fingerprint density at radius 3 is 2.76 bits per heavy atom. The van der Waals surface area contributed by atoms with Crippen LogP contribution in [0.5, 0.6) is 0 Å². The van der Waals surface area contributed by atoms with Crippen LogP contribution in [-0.4, -0.2) is 38.3 Å². The molecule has 5 nitrogen and oxygen atoms in total. The van der Waals surface area contributed by atoms with E-state index in [1.54, 1.807) is 6.20 Å². The fourth-order valence-corrected chi connectivity index (χ4v) is 1.72. The topological polar surface area (TPSA) is 58.4 Å². The van der Waals surface area contributed by atoms with Gasteiger partial charge in [0, 0.05) is 32.3 Å². The van der Waals surface area contributed by atoms with Crippen LogP contribution in [0, 0.1) is 0 Å². The zero-order valence-corrected chi connectivity index (χ0v) is 10.8. The fraction of sp³-hybridized carbons (Fsp3) is 0.667. The van der Waals surface area contributed by atoms with Crippen molar-refractivity contribution in [2.45, 2.75) is 39.3 Å². The molecule has 0 fully saturated rings. The van der Waals surface area contributed by atoms with Gasteiger partial charge in [-0.05, 0) is 32.9 Å². The van der Waals surface area contributed by atoms with Gasteiger partial charge in [0.15, 0.2) is 0 Å². The van der Waals surface area contributed by atoms with Gasteiger partial charge in [-0.3, -0.25) is 14.4 Å². The Morgan fingerprint density at radius 1 is 1.59 bits per heavy atom. The molecular weight excluding hydrogens is 218 g/mol. The smallest absolute Gasteiger partial charge is 0.303 e. The first-order chi connectivity index (χ1) is 8.00. The van der Waals surface area contributed by atoms with Crippen molar-refractivity contribution in [3.8, 4) is 0 Å². The van der Waals surface area contributed by atoms with Crippen molar-refractivity contribution in [1.82, 2.24) is 14.7 Å². The quantitative estimate of drug-likeness (QED) is 0.783. The average Bonchev–Trinajstić information content (AvgIpc) is 2.62. The van der Waals surface area contributed by atoms with E-state index < -0.39 is 5.97 Å². The Labute approximate surface area is 102 Å². The van der Waals surface area contributed by atoms with Gasteiger partial charge in [-0.2, -0.15) is 5.10 Å². The fourth-order valence-electron chi connectivity index (χ4n) is 1.72. The van der Waals surface area contributed by atoms with Crippen LogP contribution in [0.4, 0.5) is 0 Å². The molecule has 1 N–H and O–H groups in total. The summed E-state index contributed by atoms with van der Waals surface area (Å²) in [6, 6.07) is 2.39. The predicted octanol–water partition coefficient (Wildman–Crippen LogP) is 1.50. The molecule has 0 radical (unpaired) electrons. The second-order valence-electron chi connectivity index (χ2n) is 4.51. The summed E-state index contributed by atoms with van der Waals surface area (Å²) >= 11 is 0. The molecule has 0 unspecified atom stereocenters. The molecule has 0 aromatic carbocycles. The number of nitrogens with zero attached hydrogens (tertiary/aromatic N) is 3. The molecule has 0 saturated carbocycles. The highest BCUT2D eigenvalue weighted by molar-refractivity contribution is 5.66. The first-order valence-electron chi connectivity index (χ1n) is 5.93. The van der Waals surface area contributed by atoms with Crippen molar-refractivity contribution in [3.63, 3.8) is 0 Å². The van der Waals surface area contributed by atoms with Gasteiger partial charge in [-0.1, -0.05) is 0 Å². The Hall–Kier alpha value is -1.36. The highest BCUT2D eigenvalue weighted by Crippen LogP contribution is 2.08. The third-order valence-corrected chi connectivity index (χ3v) is 2.85. The molecule has 0 atom stereocenters. The van der Waals surface area contributed by atoms with Crippen molar-refractivity contribution >= 4 is 5.97 Å². The van der Waals surface area contributed by atoms with E-state index in [1.165, 1.54) is 0 Å². The van der Waals surface area contributed by atoms with E-state index in [9.17, 15) is 4.79 Å². The van der Waals surface area contributed by atoms with Crippen LogP contribution < -0.4 is 0 Å². The number of aliphatic carboxylic acids is 1. The Balaban J connectivity index is 2.49. The van der Waals surface area contributed by atoms with Crippen LogP contribution >= 0.6 is 0 Å². The number of hydrogen-bond donors (Lipinski definition) is 1. The van der Waals surface area contributed by atoms with Gasteiger partial charge >= 0.3 is 5.97 Å². The van der Waals surface area contributed by atoms with Gasteiger partial charge < -0.3 is 5.11 Å². The Bertz CT molecular complexity index is 360. The predicted molar refractivity (Wildman–Crippen MR) is 65.6 cm³/mol. The highest BCUT2D eigenvalue weighted by Gasteiger charge is 2.12. The first-order valence-corrected chi connectivity index (χ1v) is 5.93. The van der Waals surface area contributed by atoms with E-state index in [0.29, 0.717) is 12.5 Å². The minimum atomic E-state index is -0.728. The number of carbonyl (C=O) groups is 1. The maximum absolute atomic E-state index is 10.5. The van der Waals surface area contributed by atoms with E-state index in [-0.39, 0.29) is 6.42 Å². The summed E-state index contributed by atoms with van der Waals surface area (Å²) in [5.41, 5.74) is 1.15. The van der Waals surface area contributed by atoms with E-state index in [4.69, 9.17) is 5.11 Å². The molecule has 17 heavy (non-hydrogen) atoms.